The molecular weight excluding hydrogens is 164 g/mol. The average molecular weight is 184 g/mol. The maximum atomic E-state index is 11.5. The first kappa shape index (κ1) is 10.5. The smallest absolute Gasteiger partial charge is 0.223 e. The Bertz CT molecular complexity index is 199. The number of amides is 1. The lowest BCUT2D eigenvalue weighted by Gasteiger charge is -2.29. The lowest BCUT2D eigenvalue weighted by molar-refractivity contribution is -0.125. The van der Waals surface area contributed by atoms with Crippen LogP contribution in [0.3, 0.4) is 0 Å². The Morgan fingerprint density at radius 1 is 1.69 bits per heavy atom. The third-order valence-corrected chi connectivity index (χ3v) is 2.84. The number of carbonyl (C=O) groups is 1. The second-order valence-electron chi connectivity index (χ2n) is 4.38. The summed E-state index contributed by atoms with van der Waals surface area (Å²) in [6.45, 7) is 9.10. The molecule has 2 atom stereocenters. The van der Waals surface area contributed by atoms with Crippen LogP contribution in [0, 0.1) is 5.92 Å². The molecule has 0 aromatic rings. The quantitative estimate of drug-likeness (QED) is 0.638. The van der Waals surface area contributed by atoms with Gasteiger partial charge in [0.15, 0.2) is 0 Å². The van der Waals surface area contributed by atoms with Crippen LogP contribution in [0.15, 0.2) is 0 Å². The van der Waals surface area contributed by atoms with Gasteiger partial charge >= 0.3 is 0 Å². The second-order valence-corrected chi connectivity index (χ2v) is 4.38. The molecule has 0 aliphatic carbocycles. The predicted molar refractivity (Wildman–Crippen MR) is 53.5 cm³/mol. The Kier molecular flexibility index (Phi) is 2.96. The van der Waals surface area contributed by atoms with Gasteiger partial charge in [0.25, 0.3) is 0 Å². The molecule has 2 N–H and O–H groups in total. The largest absolute Gasteiger partial charge is 0.349 e. The highest BCUT2D eigenvalue weighted by molar-refractivity contribution is 5.78. The van der Waals surface area contributed by atoms with Gasteiger partial charge in [-0.25, -0.2) is 0 Å². The Morgan fingerprint density at radius 2 is 2.23 bits per heavy atom. The highest BCUT2D eigenvalue weighted by atomic mass is 16.2. The molecule has 1 heterocycles. The van der Waals surface area contributed by atoms with E-state index in [4.69, 9.17) is 0 Å². The summed E-state index contributed by atoms with van der Waals surface area (Å²) < 4.78 is 0. The van der Waals surface area contributed by atoms with Gasteiger partial charge in [0, 0.05) is 18.5 Å². The highest BCUT2D eigenvalue weighted by Gasteiger charge is 2.41. The summed E-state index contributed by atoms with van der Waals surface area (Å²) in [5, 5.41) is 6.36. The van der Waals surface area contributed by atoms with Crippen LogP contribution < -0.4 is 10.6 Å². The van der Waals surface area contributed by atoms with Gasteiger partial charge in [0.1, 0.15) is 0 Å². The Labute approximate surface area is 80.3 Å². The van der Waals surface area contributed by atoms with Crippen molar-refractivity contribution in [2.45, 2.75) is 45.7 Å². The number of hydrogen-bond donors (Lipinski definition) is 2. The minimum atomic E-state index is -0.0542. The maximum Gasteiger partial charge on any atom is 0.223 e. The molecule has 0 spiro atoms. The van der Waals surface area contributed by atoms with Crippen LogP contribution in [0.2, 0.25) is 0 Å². The van der Waals surface area contributed by atoms with Crippen LogP contribution in [0.1, 0.15) is 34.1 Å². The number of nitrogens with one attached hydrogen (secondary N) is 2. The van der Waals surface area contributed by atoms with E-state index in [1.54, 1.807) is 0 Å². The number of rotatable bonds is 4. The first-order chi connectivity index (χ1) is 5.99. The van der Waals surface area contributed by atoms with Crippen LogP contribution >= 0.6 is 0 Å². The topological polar surface area (TPSA) is 51.0 Å². The van der Waals surface area contributed by atoms with Gasteiger partial charge in [-0.1, -0.05) is 20.8 Å². The molecule has 3 heteroatoms. The van der Waals surface area contributed by atoms with Crippen molar-refractivity contribution in [3.63, 3.8) is 0 Å². The summed E-state index contributed by atoms with van der Waals surface area (Å²) in [5.74, 6) is 0.225. The summed E-state index contributed by atoms with van der Waals surface area (Å²) in [6.07, 6.45) is 0.975. The first-order valence-corrected chi connectivity index (χ1v) is 5.05. The molecule has 1 aliphatic rings. The van der Waals surface area contributed by atoms with Crippen molar-refractivity contribution in [3.05, 3.63) is 0 Å². The van der Waals surface area contributed by atoms with Crippen LogP contribution in [0.5, 0.6) is 0 Å². The normalized spacial score (nSPS) is 25.5. The molecule has 3 nitrogen and oxygen atoms in total. The van der Waals surface area contributed by atoms with Crippen molar-refractivity contribution >= 4 is 5.91 Å². The molecule has 0 radical (unpaired) electrons. The van der Waals surface area contributed by atoms with Gasteiger partial charge in [-0.15, -0.1) is 0 Å². The third-order valence-electron chi connectivity index (χ3n) is 2.84. The van der Waals surface area contributed by atoms with Crippen LogP contribution in [0.4, 0.5) is 0 Å². The monoisotopic (exact) mass is 184 g/mol. The lowest BCUT2D eigenvalue weighted by atomic mass is 9.93. The molecule has 2 unspecified atom stereocenters. The fraction of sp³-hybridized carbons (Fsp3) is 0.900. The summed E-state index contributed by atoms with van der Waals surface area (Å²) >= 11 is 0. The molecule has 0 bridgehead atoms. The molecule has 0 aromatic heterocycles. The Morgan fingerprint density at radius 3 is 2.54 bits per heavy atom. The van der Waals surface area contributed by atoms with Crippen molar-refractivity contribution in [1.29, 1.82) is 0 Å². The van der Waals surface area contributed by atoms with Gasteiger partial charge < -0.3 is 10.6 Å². The first-order valence-electron chi connectivity index (χ1n) is 5.05. The molecule has 1 rings (SSSR count). The van der Waals surface area contributed by atoms with Crippen molar-refractivity contribution in [1.82, 2.24) is 10.6 Å². The highest BCUT2D eigenvalue weighted by Crippen LogP contribution is 2.21. The zero-order chi connectivity index (χ0) is 10.1. The fourth-order valence-corrected chi connectivity index (χ4v) is 1.36. The second kappa shape index (κ2) is 3.66. The molecule has 13 heavy (non-hydrogen) atoms. The fourth-order valence-electron chi connectivity index (χ4n) is 1.36. The number of carbonyl (C=O) groups excluding carboxylic acids is 1. The predicted octanol–water partition coefficient (Wildman–Crippen LogP) is 0.899. The van der Waals surface area contributed by atoms with Gasteiger partial charge in [0.2, 0.25) is 5.91 Å². The van der Waals surface area contributed by atoms with E-state index in [1.807, 2.05) is 13.8 Å². The SMILES string of the molecule is CCC(C)(NC(=O)C(C)C)C1CN1. The minimum absolute atomic E-state index is 0.0542. The zero-order valence-corrected chi connectivity index (χ0v) is 8.98. The Hall–Kier alpha value is -0.570. The van der Waals surface area contributed by atoms with Gasteiger partial charge in [-0.3, -0.25) is 4.79 Å². The van der Waals surface area contributed by atoms with Crippen molar-refractivity contribution < 1.29 is 4.79 Å². The third kappa shape index (κ3) is 2.44. The summed E-state index contributed by atoms with van der Waals surface area (Å²) in [6, 6.07) is 0.472. The maximum absolute atomic E-state index is 11.5. The van der Waals surface area contributed by atoms with Gasteiger partial charge in [-0.2, -0.15) is 0 Å². The van der Waals surface area contributed by atoms with Crippen LogP contribution in [0.25, 0.3) is 0 Å². The van der Waals surface area contributed by atoms with E-state index in [-0.39, 0.29) is 17.4 Å². The lowest BCUT2D eigenvalue weighted by Crippen LogP contribution is -2.52. The molecule has 76 valence electrons. The average Bonchev–Trinajstić information content (AvgIpc) is 2.86. The van der Waals surface area contributed by atoms with Crippen molar-refractivity contribution in [3.8, 4) is 0 Å². The molecule has 0 saturated carbocycles. The molecular formula is C10H20N2O. The van der Waals surface area contributed by atoms with Crippen molar-refractivity contribution in [2.24, 2.45) is 5.92 Å². The van der Waals surface area contributed by atoms with E-state index in [9.17, 15) is 4.79 Å². The van der Waals surface area contributed by atoms with E-state index in [1.165, 1.54) is 0 Å². The number of hydrogen-bond acceptors (Lipinski definition) is 2. The van der Waals surface area contributed by atoms with E-state index >= 15 is 0 Å². The van der Waals surface area contributed by atoms with E-state index < -0.39 is 0 Å². The molecule has 0 aromatic carbocycles. The standard InChI is InChI=1S/C10H20N2O/c1-5-10(4,8-6-11-8)12-9(13)7(2)3/h7-8,11H,5-6H2,1-4H3,(H,12,13). The van der Waals surface area contributed by atoms with E-state index in [2.05, 4.69) is 24.5 Å². The van der Waals surface area contributed by atoms with Crippen molar-refractivity contribution in [2.75, 3.05) is 6.54 Å². The van der Waals surface area contributed by atoms with Gasteiger partial charge in [0.05, 0.1) is 5.54 Å². The summed E-state index contributed by atoms with van der Waals surface area (Å²) in [4.78, 5) is 11.5. The van der Waals surface area contributed by atoms with E-state index in [0.29, 0.717) is 6.04 Å². The minimum Gasteiger partial charge on any atom is -0.349 e. The summed E-state index contributed by atoms with van der Waals surface area (Å²) in [7, 11) is 0. The zero-order valence-electron chi connectivity index (χ0n) is 8.98. The van der Waals surface area contributed by atoms with Crippen LogP contribution in [-0.4, -0.2) is 24.0 Å². The van der Waals surface area contributed by atoms with Crippen LogP contribution in [-0.2, 0) is 4.79 Å². The Balaban J connectivity index is 2.52. The summed E-state index contributed by atoms with van der Waals surface area (Å²) in [5.41, 5.74) is -0.0542. The van der Waals surface area contributed by atoms with E-state index in [0.717, 1.165) is 13.0 Å². The molecule has 1 amide bonds. The van der Waals surface area contributed by atoms with Gasteiger partial charge in [-0.05, 0) is 13.3 Å². The molecule has 1 saturated heterocycles. The molecule has 1 aliphatic heterocycles. The molecule has 1 fully saturated rings.